The molecule has 0 saturated heterocycles. The third-order valence-corrected chi connectivity index (χ3v) is 4.09. The van der Waals surface area contributed by atoms with E-state index in [1.165, 1.54) is 0 Å². The van der Waals surface area contributed by atoms with Crippen LogP contribution in [0.15, 0.2) is 48.5 Å². The molecular formula is C18H19IN2O3. The molecule has 24 heavy (non-hydrogen) atoms. The van der Waals surface area contributed by atoms with Gasteiger partial charge in [0.2, 0.25) is 5.91 Å². The Labute approximate surface area is 154 Å². The van der Waals surface area contributed by atoms with E-state index < -0.39 is 0 Å². The monoisotopic (exact) mass is 438 g/mol. The number of hydrogen-bond acceptors (Lipinski definition) is 3. The van der Waals surface area contributed by atoms with E-state index in [0.29, 0.717) is 23.6 Å². The molecule has 6 heteroatoms. The summed E-state index contributed by atoms with van der Waals surface area (Å²) in [7, 11) is 0. The van der Waals surface area contributed by atoms with E-state index in [4.69, 9.17) is 4.74 Å². The van der Waals surface area contributed by atoms with Crippen LogP contribution in [-0.2, 0) is 4.79 Å². The fourth-order valence-electron chi connectivity index (χ4n) is 2.00. The zero-order valence-electron chi connectivity index (χ0n) is 13.3. The van der Waals surface area contributed by atoms with E-state index in [2.05, 4.69) is 33.2 Å². The van der Waals surface area contributed by atoms with Gasteiger partial charge in [0, 0.05) is 3.57 Å². The number of rotatable bonds is 7. The van der Waals surface area contributed by atoms with Crippen molar-refractivity contribution in [3.05, 3.63) is 57.7 Å². The van der Waals surface area contributed by atoms with Crippen LogP contribution in [0.4, 0.5) is 5.69 Å². The van der Waals surface area contributed by atoms with E-state index in [1.807, 2.05) is 31.2 Å². The van der Waals surface area contributed by atoms with Gasteiger partial charge in [0.25, 0.3) is 5.91 Å². The van der Waals surface area contributed by atoms with Crippen LogP contribution in [-0.4, -0.2) is 25.0 Å². The number of nitrogens with one attached hydrogen (secondary N) is 2. The number of halogens is 1. The van der Waals surface area contributed by atoms with Crippen molar-refractivity contribution >= 4 is 40.1 Å². The highest BCUT2D eigenvalue weighted by Crippen LogP contribution is 2.23. The van der Waals surface area contributed by atoms with Gasteiger partial charge in [0.05, 0.1) is 24.4 Å². The first-order valence-electron chi connectivity index (χ1n) is 7.66. The van der Waals surface area contributed by atoms with Crippen molar-refractivity contribution in [1.29, 1.82) is 0 Å². The first-order chi connectivity index (χ1) is 11.6. The van der Waals surface area contributed by atoms with Gasteiger partial charge in [-0.05, 0) is 53.3 Å². The molecule has 0 aliphatic heterocycles. The summed E-state index contributed by atoms with van der Waals surface area (Å²) in [5.41, 5.74) is 1.15. The summed E-state index contributed by atoms with van der Waals surface area (Å²) in [4.78, 5) is 24.2. The molecule has 0 spiro atoms. The number of hydrogen-bond donors (Lipinski definition) is 2. The van der Waals surface area contributed by atoms with Gasteiger partial charge in [-0.25, -0.2) is 0 Å². The van der Waals surface area contributed by atoms with Gasteiger partial charge < -0.3 is 15.4 Å². The molecule has 2 aromatic rings. The fourth-order valence-corrected chi connectivity index (χ4v) is 2.64. The van der Waals surface area contributed by atoms with Gasteiger partial charge in [-0.1, -0.05) is 31.2 Å². The molecular weight excluding hydrogens is 419 g/mol. The summed E-state index contributed by atoms with van der Waals surface area (Å²) in [6.45, 7) is 2.49. The van der Waals surface area contributed by atoms with Crippen molar-refractivity contribution < 1.29 is 14.3 Å². The number of anilines is 1. The molecule has 2 rings (SSSR count). The lowest BCUT2D eigenvalue weighted by atomic mass is 10.2. The van der Waals surface area contributed by atoms with Gasteiger partial charge >= 0.3 is 0 Å². The van der Waals surface area contributed by atoms with Crippen LogP contribution in [0.25, 0.3) is 0 Å². The number of carbonyl (C=O) groups excluding carboxylic acids is 2. The molecule has 0 aliphatic rings. The predicted octanol–water partition coefficient (Wildman–Crippen LogP) is 3.45. The smallest absolute Gasteiger partial charge is 0.252 e. The Morgan fingerprint density at radius 1 is 1.08 bits per heavy atom. The minimum atomic E-state index is -0.304. The molecule has 0 saturated carbocycles. The van der Waals surface area contributed by atoms with Crippen molar-refractivity contribution in [3.63, 3.8) is 0 Å². The summed E-state index contributed by atoms with van der Waals surface area (Å²) in [6, 6.07) is 14.5. The SMILES string of the molecule is CCCOc1ccccc1NC(=O)CNC(=O)c1ccccc1I. The van der Waals surface area contributed by atoms with Crippen LogP contribution in [0.1, 0.15) is 23.7 Å². The number of amides is 2. The first-order valence-corrected chi connectivity index (χ1v) is 8.74. The standard InChI is InChI=1S/C18H19IN2O3/c1-2-11-24-16-10-6-5-9-15(16)21-17(22)12-20-18(23)13-7-3-4-8-14(13)19/h3-10H,2,11-12H2,1H3,(H,20,23)(H,21,22). The van der Waals surface area contributed by atoms with E-state index in [9.17, 15) is 9.59 Å². The molecule has 2 aromatic carbocycles. The highest BCUT2D eigenvalue weighted by Gasteiger charge is 2.12. The van der Waals surface area contributed by atoms with Gasteiger partial charge in [-0.3, -0.25) is 9.59 Å². The van der Waals surface area contributed by atoms with Crippen LogP contribution in [0.5, 0.6) is 5.75 Å². The Hall–Kier alpha value is -2.09. The second-order valence-electron chi connectivity index (χ2n) is 5.06. The summed E-state index contributed by atoms with van der Waals surface area (Å²) >= 11 is 2.09. The van der Waals surface area contributed by atoms with E-state index in [1.54, 1.807) is 24.3 Å². The van der Waals surface area contributed by atoms with Crippen LogP contribution < -0.4 is 15.4 Å². The minimum Gasteiger partial charge on any atom is -0.491 e. The lowest BCUT2D eigenvalue weighted by Gasteiger charge is -2.12. The molecule has 0 fully saturated rings. The van der Waals surface area contributed by atoms with Gasteiger partial charge in [0.1, 0.15) is 5.75 Å². The van der Waals surface area contributed by atoms with E-state index in [0.717, 1.165) is 9.99 Å². The summed E-state index contributed by atoms with van der Waals surface area (Å²) in [5, 5.41) is 5.39. The van der Waals surface area contributed by atoms with Crippen LogP contribution >= 0.6 is 22.6 Å². The third kappa shape index (κ3) is 5.23. The molecule has 0 aromatic heterocycles. The van der Waals surface area contributed by atoms with Crippen molar-refractivity contribution in [2.75, 3.05) is 18.5 Å². The fraction of sp³-hybridized carbons (Fsp3) is 0.222. The zero-order valence-corrected chi connectivity index (χ0v) is 15.5. The third-order valence-electron chi connectivity index (χ3n) is 3.15. The molecule has 2 N–H and O–H groups in total. The normalized spacial score (nSPS) is 10.1. The lowest BCUT2D eigenvalue weighted by Crippen LogP contribution is -2.33. The summed E-state index contributed by atoms with van der Waals surface area (Å²) < 4.78 is 6.43. The molecule has 0 aliphatic carbocycles. The van der Waals surface area contributed by atoms with Crippen LogP contribution in [0.3, 0.4) is 0 Å². The molecule has 5 nitrogen and oxygen atoms in total. The zero-order chi connectivity index (χ0) is 17.4. The maximum absolute atomic E-state index is 12.1. The maximum atomic E-state index is 12.1. The minimum absolute atomic E-state index is 0.105. The molecule has 0 atom stereocenters. The number of carbonyl (C=O) groups is 2. The Balaban J connectivity index is 1.92. The van der Waals surface area contributed by atoms with Crippen LogP contribution in [0.2, 0.25) is 0 Å². The Morgan fingerprint density at radius 3 is 2.54 bits per heavy atom. The lowest BCUT2D eigenvalue weighted by molar-refractivity contribution is -0.115. The second kappa shape index (κ2) is 9.27. The Morgan fingerprint density at radius 2 is 1.79 bits per heavy atom. The Kier molecular flexibility index (Phi) is 7.05. The highest BCUT2D eigenvalue weighted by molar-refractivity contribution is 14.1. The second-order valence-corrected chi connectivity index (χ2v) is 6.22. The number of para-hydroxylation sites is 2. The quantitative estimate of drug-likeness (QED) is 0.651. The van der Waals surface area contributed by atoms with Gasteiger partial charge in [-0.15, -0.1) is 0 Å². The molecule has 0 radical (unpaired) electrons. The number of benzene rings is 2. The maximum Gasteiger partial charge on any atom is 0.252 e. The molecule has 0 heterocycles. The topological polar surface area (TPSA) is 67.4 Å². The Bertz CT molecular complexity index is 719. The summed E-state index contributed by atoms with van der Waals surface area (Å²) in [5.74, 6) is 0.0455. The van der Waals surface area contributed by atoms with Crippen molar-refractivity contribution in [3.8, 4) is 5.75 Å². The largest absolute Gasteiger partial charge is 0.491 e. The van der Waals surface area contributed by atoms with Gasteiger partial charge in [0.15, 0.2) is 0 Å². The predicted molar refractivity (Wildman–Crippen MR) is 102 cm³/mol. The average molecular weight is 438 g/mol. The first kappa shape index (κ1) is 18.3. The molecule has 0 unspecified atom stereocenters. The van der Waals surface area contributed by atoms with Crippen molar-refractivity contribution in [2.45, 2.75) is 13.3 Å². The van der Waals surface area contributed by atoms with Crippen LogP contribution in [0, 0.1) is 3.57 Å². The molecule has 0 bridgehead atoms. The molecule has 2 amide bonds. The average Bonchev–Trinajstić information content (AvgIpc) is 2.59. The van der Waals surface area contributed by atoms with Gasteiger partial charge in [-0.2, -0.15) is 0 Å². The van der Waals surface area contributed by atoms with E-state index in [-0.39, 0.29) is 18.4 Å². The number of ether oxygens (including phenoxy) is 1. The van der Waals surface area contributed by atoms with Crippen molar-refractivity contribution in [2.24, 2.45) is 0 Å². The van der Waals surface area contributed by atoms with E-state index >= 15 is 0 Å². The molecule has 126 valence electrons. The summed E-state index contributed by atoms with van der Waals surface area (Å²) in [6.07, 6.45) is 0.883. The highest BCUT2D eigenvalue weighted by atomic mass is 127. The van der Waals surface area contributed by atoms with Crippen molar-refractivity contribution in [1.82, 2.24) is 5.32 Å².